The van der Waals surface area contributed by atoms with Crippen LogP contribution in [0, 0.1) is 12.8 Å². The van der Waals surface area contributed by atoms with Gasteiger partial charge in [0.05, 0.1) is 6.61 Å². The summed E-state index contributed by atoms with van der Waals surface area (Å²) in [6.07, 6.45) is -0.570. The number of carbonyl (C=O) groups excluding carboxylic acids is 1. The van der Waals surface area contributed by atoms with E-state index in [0.717, 1.165) is 16.9 Å². The topological polar surface area (TPSA) is 84.9 Å². The second-order valence-electron chi connectivity index (χ2n) is 7.53. The van der Waals surface area contributed by atoms with E-state index in [1.807, 2.05) is 25.1 Å². The zero-order valence-electron chi connectivity index (χ0n) is 15.9. The molecule has 0 spiro atoms. The van der Waals surface area contributed by atoms with Gasteiger partial charge in [0.25, 0.3) is 0 Å². The predicted molar refractivity (Wildman–Crippen MR) is 96.0 cm³/mol. The number of aryl methyl sites for hydroxylation is 1. The number of nitrogens with one attached hydrogen (secondary N) is 1. The molecule has 140 valence electrons. The van der Waals surface area contributed by atoms with Crippen molar-refractivity contribution in [1.82, 2.24) is 5.32 Å². The molecule has 0 aliphatic rings. The van der Waals surface area contributed by atoms with E-state index < -0.39 is 23.7 Å². The molecule has 25 heavy (non-hydrogen) atoms. The number of ether oxygens (including phenoxy) is 2. The molecule has 6 nitrogen and oxygen atoms in total. The van der Waals surface area contributed by atoms with Gasteiger partial charge in [0.2, 0.25) is 0 Å². The molecular weight excluding hydrogens is 322 g/mol. The predicted octanol–water partition coefficient (Wildman–Crippen LogP) is 3.55. The minimum absolute atomic E-state index is 0.171. The molecule has 1 atom stereocenters. The van der Waals surface area contributed by atoms with Crippen molar-refractivity contribution in [3.05, 3.63) is 29.3 Å². The van der Waals surface area contributed by atoms with E-state index in [-0.39, 0.29) is 6.42 Å². The van der Waals surface area contributed by atoms with E-state index in [1.54, 1.807) is 20.8 Å². The summed E-state index contributed by atoms with van der Waals surface area (Å²) in [6.45, 7) is 11.8. The minimum atomic E-state index is -1.11. The van der Waals surface area contributed by atoms with Crippen molar-refractivity contribution >= 4 is 12.1 Å². The molecule has 0 aliphatic heterocycles. The van der Waals surface area contributed by atoms with Crippen LogP contribution in [0.25, 0.3) is 0 Å². The van der Waals surface area contributed by atoms with Crippen molar-refractivity contribution in [2.75, 3.05) is 6.61 Å². The Labute approximate surface area is 149 Å². The summed E-state index contributed by atoms with van der Waals surface area (Å²) in [5.74, 6) is 0.0710. The van der Waals surface area contributed by atoms with Crippen LogP contribution >= 0.6 is 0 Å². The Morgan fingerprint density at radius 1 is 1.24 bits per heavy atom. The Kier molecular flexibility index (Phi) is 7.27. The second kappa shape index (κ2) is 8.74. The maximum Gasteiger partial charge on any atom is 0.408 e. The highest BCUT2D eigenvalue weighted by Crippen LogP contribution is 2.19. The number of hydrogen-bond acceptors (Lipinski definition) is 4. The van der Waals surface area contributed by atoms with Crippen molar-refractivity contribution in [1.29, 1.82) is 0 Å². The number of alkyl carbamates (subject to hydrolysis) is 1. The van der Waals surface area contributed by atoms with Crippen LogP contribution in [0.5, 0.6) is 5.75 Å². The summed E-state index contributed by atoms with van der Waals surface area (Å²) >= 11 is 0. The van der Waals surface area contributed by atoms with Crippen molar-refractivity contribution < 1.29 is 24.2 Å². The first-order valence-corrected chi connectivity index (χ1v) is 8.42. The van der Waals surface area contributed by atoms with Gasteiger partial charge >= 0.3 is 12.1 Å². The van der Waals surface area contributed by atoms with Crippen LogP contribution in [0.15, 0.2) is 18.2 Å². The normalized spacial score (nSPS) is 12.6. The van der Waals surface area contributed by atoms with Gasteiger partial charge in [-0.25, -0.2) is 9.59 Å². The number of amides is 1. The molecule has 1 aromatic carbocycles. The molecule has 1 amide bonds. The standard InChI is InChI=1S/C19H29NO5/c1-12(2)11-24-15-8-7-14(13(3)9-15)10-16(17(21)22)20-18(23)25-19(4,5)6/h7-9,12,16H,10-11H2,1-6H3,(H,20,23)(H,21,22). The van der Waals surface area contributed by atoms with E-state index in [0.29, 0.717) is 12.5 Å². The number of hydrogen-bond donors (Lipinski definition) is 2. The molecule has 0 saturated carbocycles. The lowest BCUT2D eigenvalue weighted by Gasteiger charge is -2.22. The molecule has 1 unspecified atom stereocenters. The Balaban J connectivity index is 2.78. The summed E-state index contributed by atoms with van der Waals surface area (Å²) < 4.78 is 10.8. The first-order valence-electron chi connectivity index (χ1n) is 8.42. The van der Waals surface area contributed by atoms with Crippen LogP contribution in [0.2, 0.25) is 0 Å². The van der Waals surface area contributed by atoms with Gasteiger partial charge in [-0.2, -0.15) is 0 Å². The number of aliphatic carboxylic acids is 1. The van der Waals surface area contributed by atoms with Crippen molar-refractivity contribution in [3.8, 4) is 5.75 Å². The lowest BCUT2D eigenvalue weighted by Crippen LogP contribution is -2.44. The lowest BCUT2D eigenvalue weighted by molar-refractivity contribution is -0.139. The third-order valence-electron chi connectivity index (χ3n) is 3.31. The third kappa shape index (κ3) is 7.92. The maximum absolute atomic E-state index is 11.8. The third-order valence-corrected chi connectivity index (χ3v) is 3.31. The maximum atomic E-state index is 11.8. The highest BCUT2D eigenvalue weighted by molar-refractivity contribution is 5.80. The first kappa shape index (κ1) is 20.8. The van der Waals surface area contributed by atoms with Crippen molar-refractivity contribution in [3.63, 3.8) is 0 Å². The summed E-state index contributed by atoms with van der Waals surface area (Å²) in [6, 6.07) is 4.47. The summed E-state index contributed by atoms with van der Waals surface area (Å²) in [4.78, 5) is 23.3. The van der Waals surface area contributed by atoms with Crippen LogP contribution in [-0.4, -0.2) is 35.4 Å². The largest absolute Gasteiger partial charge is 0.493 e. The van der Waals surface area contributed by atoms with E-state index in [4.69, 9.17) is 9.47 Å². The SMILES string of the molecule is Cc1cc(OCC(C)C)ccc1CC(NC(=O)OC(C)(C)C)C(=O)O. The fourth-order valence-corrected chi connectivity index (χ4v) is 2.12. The van der Waals surface area contributed by atoms with Gasteiger partial charge in [0.15, 0.2) is 0 Å². The fourth-order valence-electron chi connectivity index (χ4n) is 2.12. The molecule has 1 rings (SSSR count). The second-order valence-corrected chi connectivity index (χ2v) is 7.53. The van der Waals surface area contributed by atoms with E-state index in [1.165, 1.54) is 0 Å². The van der Waals surface area contributed by atoms with Gasteiger partial charge in [-0.1, -0.05) is 19.9 Å². The Morgan fingerprint density at radius 2 is 1.88 bits per heavy atom. The molecule has 1 aromatic rings. The molecule has 0 saturated heterocycles. The molecule has 0 aliphatic carbocycles. The Hall–Kier alpha value is -2.24. The summed E-state index contributed by atoms with van der Waals surface area (Å²) in [5, 5.41) is 11.8. The molecule has 0 bridgehead atoms. The number of carbonyl (C=O) groups is 2. The monoisotopic (exact) mass is 351 g/mol. The zero-order valence-corrected chi connectivity index (χ0v) is 15.9. The Morgan fingerprint density at radius 3 is 2.36 bits per heavy atom. The van der Waals surface area contributed by atoms with Crippen LogP contribution < -0.4 is 10.1 Å². The van der Waals surface area contributed by atoms with Crippen LogP contribution in [0.4, 0.5) is 4.79 Å². The van der Waals surface area contributed by atoms with Crippen molar-refractivity contribution in [2.24, 2.45) is 5.92 Å². The molecule has 0 heterocycles. The molecule has 0 fully saturated rings. The van der Waals surface area contributed by atoms with Gasteiger partial charge < -0.3 is 19.9 Å². The van der Waals surface area contributed by atoms with Crippen LogP contribution in [-0.2, 0) is 16.0 Å². The van der Waals surface area contributed by atoms with E-state index >= 15 is 0 Å². The average molecular weight is 351 g/mol. The van der Waals surface area contributed by atoms with Gasteiger partial charge in [-0.15, -0.1) is 0 Å². The van der Waals surface area contributed by atoms with E-state index in [9.17, 15) is 14.7 Å². The number of rotatable bonds is 7. The molecular formula is C19H29NO5. The zero-order chi connectivity index (χ0) is 19.2. The van der Waals surface area contributed by atoms with Gasteiger partial charge in [0, 0.05) is 6.42 Å². The molecule has 2 N–H and O–H groups in total. The van der Waals surface area contributed by atoms with Gasteiger partial charge in [-0.3, -0.25) is 0 Å². The summed E-state index contributed by atoms with van der Waals surface area (Å²) in [7, 11) is 0. The summed E-state index contributed by atoms with van der Waals surface area (Å²) in [5.41, 5.74) is 1.07. The van der Waals surface area contributed by atoms with Crippen LogP contribution in [0.1, 0.15) is 45.7 Å². The average Bonchev–Trinajstić information content (AvgIpc) is 2.44. The van der Waals surface area contributed by atoms with Crippen LogP contribution in [0.3, 0.4) is 0 Å². The van der Waals surface area contributed by atoms with Gasteiger partial charge in [-0.05, 0) is 56.9 Å². The first-order chi connectivity index (χ1) is 11.5. The number of benzene rings is 1. The fraction of sp³-hybridized carbons (Fsp3) is 0.579. The smallest absolute Gasteiger partial charge is 0.408 e. The van der Waals surface area contributed by atoms with E-state index in [2.05, 4.69) is 19.2 Å². The quantitative estimate of drug-likeness (QED) is 0.785. The van der Waals surface area contributed by atoms with Gasteiger partial charge in [0.1, 0.15) is 17.4 Å². The highest BCUT2D eigenvalue weighted by Gasteiger charge is 2.24. The molecule has 6 heteroatoms. The lowest BCUT2D eigenvalue weighted by atomic mass is 10.0. The minimum Gasteiger partial charge on any atom is -0.493 e. The molecule has 0 radical (unpaired) electrons. The highest BCUT2D eigenvalue weighted by atomic mass is 16.6. The van der Waals surface area contributed by atoms with Crippen molar-refractivity contribution in [2.45, 2.75) is 59.6 Å². The molecule has 0 aromatic heterocycles. The number of carboxylic acid groups (broad SMARTS) is 1. The Bertz CT molecular complexity index is 604. The number of carboxylic acids is 1.